The van der Waals surface area contributed by atoms with Crippen molar-refractivity contribution in [2.75, 3.05) is 6.61 Å². The van der Waals surface area contributed by atoms with Crippen molar-refractivity contribution in [1.82, 2.24) is 0 Å². The number of hydrogen-bond donors (Lipinski definition) is 0. The van der Waals surface area contributed by atoms with E-state index < -0.39 is 5.97 Å². The van der Waals surface area contributed by atoms with Gasteiger partial charge in [0.1, 0.15) is 6.42 Å². The molecule has 0 aliphatic rings. The van der Waals surface area contributed by atoms with E-state index in [0.717, 1.165) is 5.56 Å². The van der Waals surface area contributed by atoms with Crippen LogP contribution in [0.1, 0.15) is 24.5 Å². The maximum absolute atomic E-state index is 11.5. The summed E-state index contributed by atoms with van der Waals surface area (Å²) in [4.78, 5) is 22.5. The first-order valence-corrected chi connectivity index (χ1v) is 5.59. The van der Waals surface area contributed by atoms with Crippen molar-refractivity contribution in [1.29, 1.82) is 0 Å². The molecule has 1 aromatic rings. The van der Waals surface area contributed by atoms with Gasteiger partial charge in [-0.2, -0.15) is 0 Å². The number of ether oxygens (including phenoxy) is 1. The van der Waals surface area contributed by atoms with Crippen molar-refractivity contribution in [3.8, 4) is 12.3 Å². The minimum Gasteiger partial charge on any atom is -0.466 e. The average molecular weight is 242 g/mol. The Labute approximate surface area is 106 Å². The number of rotatable bonds is 5. The van der Waals surface area contributed by atoms with Gasteiger partial charge in [-0.05, 0) is 24.6 Å². The standard InChI is InChI=1S/C15H14O3/c1-3-12-7-5-6-8-13(12)9-10-14(16)11-15(17)18-4-2/h1,5-10H,4,11H2,2H3. The first-order chi connectivity index (χ1) is 8.67. The maximum atomic E-state index is 11.5. The molecule has 0 bridgehead atoms. The Bertz CT molecular complexity index is 507. The van der Waals surface area contributed by atoms with Gasteiger partial charge in [0.05, 0.1) is 6.61 Å². The molecule has 0 spiro atoms. The van der Waals surface area contributed by atoms with Gasteiger partial charge in [-0.3, -0.25) is 9.59 Å². The van der Waals surface area contributed by atoms with E-state index in [1.54, 1.807) is 19.1 Å². The van der Waals surface area contributed by atoms with E-state index in [2.05, 4.69) is 10.7 Å². The molecule has 1 aromatic carbocycles. The lowest BCUT2D eigenvalue weighted by molar-refractivity contribution is -0.144. The molecule has 0 saturated heterocycles. The number of esters is 1. The highest BCUT2D eigenvalue weighted by atomic mass is 16.5. The molecule has 0 heterocycles. The lowest BCUT2D eigenvalue weighted by Crippen LogP contribution is -2.09. The van der Waals surface area contributed by atoms with Gasteiger partial charge in [0.15, 0.2) is 5.78 Å². The first-order valence-electron chi connectivity index (χ1n) is 5.59. The summed E-state index contributed by atoms with van der Waals surface area (Å²) in [7, 11) is 0. The highest BCUT2D eigenvalue weighted by molar-refractivity contribution is 6.04. The minimum absolute atomic E-state index is 0.247. The number of hydrogen-bond acceptors (Lipinski definition) is 3. The van der Waals surface area contributed by atoms with Crippen LogP contribution in [0.3, 0.4) is 0 Å². The third-order valence-electron chi connectivity index (χ3n) is 2.19. The summed E-state index contributed by atoms with van der Waals surface area (Å²) in [6.07, 6.45) is 8.04. The summed E-state index contributed by atoms with van der Waals surface area (Å²) >= 11 is 0. The molecular formula is C15H14O3. The summed E-state index contributed by atoms with van der Waals surface area (Å²) in [6, 6.07) is 7.25. The van der Waals surface area contributed by atoms with Crippen molar-refractivity contribution in [3.05, 3.63) is 41.5 Å². The monoisotopic (exact) mass is 242 g/mol. The van der Waals surface area contributed by atoms with Crippen LogP contribution in [0.25, 0.3) is 6.08 Å². The third-order valence-corrected chi connectivity index (χ3v) is 2.19. The van der Waals surface area contributed by atoms with Crippen molar-refractivity contribution in [3.63, 3.8) is 0 Å². The van der Waals surface area contributed by atoms with E-state index in [1.807, 2.05) is 18.2 Å². The largest absolute Gasteiger partial charge is 0.466 e. The Kier molecular flexibility index (Phi) is 5.40. The number of carbonyl (C=O) groups is 2. The van der Waals surface area contributed by atoms with Crippen LogP contribution >= 0.6 is 0 Å². The molecule has 3 heteroatoms. The predicted octanol–water partition coefficient (Wildman–Crippen LogP) is 2.20. The van der Waals surface area contributed by atoms with Crippen LogP contribution in [0.15, 0.2) is 30.3 Å². The minimum atomic E-state index is -0.516. The summed E-state index contributed by atoms with van der Waals surface area (Å²) < 4.78 is 4.68. The van der Waals surface area contributed by atoms with Crippen molar-refractivity contribution >= 4 is 17.8 Å². The smallest absolute Gasteiger partial charge is 0.313 e. The second-order valence-corrected chi connectivity index (χ2v) is 3.51. The molecule has 1 rings (SSSR count). The highest BCUT2D eigenvalue weighted by Gasteiger charge is 2.07. The summed E-state index contributed by atoms with van der Waals surface area (Å²) in [5.41, 5.74) is 1.48. The van der Waals surface area contributed by atoms with Crippen LogP contribution < -0.4 is 0 Å². The van der Waals surface area contributed by atoms with Crippen LogP contribution in [-0.4, -0.2) is 18.4 Å². The third kappa shape index (κ3) is 4.26. The maximum Gasteiger partial charge on any atom is 0.313 e. The van der Waals surface area contributed by atoms with E-state index in [0.29, 0.717) is 5.56 Å². The molecule has 92 valence electrons. The van der Waals surface area contributed by atoms with Gasteiger partial charge in [-0.25, -0.2) is 0 Å². The number of carbonyl (C=O) groups excluding carboxylic acids is 2. The fraction of sp³-hybridized carbons (Fsp3) is 0.200. The van der Waals surface area contributed by atoms with Crippen LogP contribution in [-0.2, 0) is 14.3 Å². The molecule has 0 aliphatic heterocycles. The topological polar surface area (TPSA) is 43.4 Å². The fourth-order valence-corrected chi connectivity index (χ4v) is 1.37. The van der Waals surface area contributed by atoms with Gasteiger partial charge >= 0.3 is 5.97 Å². The molecule has 0 aliphatic carbocycles. The van der Waals surface area contributed by atoms with Crippen LogP contribution in [0, 0.1) is 12.3 Å². The zero-order chi connectivity index (χ0) is 13.4. The van der Waals surface area contributed by atoms with E-state index >= 15 is 0 Å². The van der Waals surface area contributed by atoms with Crippen LogP contribution in [0.4, 0.5) is 0 Å². The zero-order valence-electron chi connectivity index (χ0n) is 10.2. The molecular weight excluding hydrogens is 228 g/mol. The fourth-order valence-electron chi connectivity index (χ4n) is 1.37. The normalized spacial score (nSPS) is 10.0. The van der Waals surface area contributed by atoms with Gasteiger partial charge < -0.3 is 4.74 Å². The number of benzene rings is 1. The number of ketones is 1. The Morgan fingerprint density at radius 1 is 1.39 bits per heavy atom. The summed E-state index contributed by atoms with van der Waals surface area (Å²) in [6.45, 7) is 1.97. The Balaban J connectivity index is 2.67. The van der Waals surface area contributed by atoms with E-state index in [1.165, 1.54) is 6.08 Å². The molecule has 3 nitrogen and oxygen atoms in total. The van der Waals surface area contributed by atoms with E-state index in [-0.39, 0.29) is 18.8 Å². The zero-order valence-corrected chi connectivity index (χ0v) is 10.2. The molecule has 0 atom stereocenters. The number of terminal acetylenes is 1. The second kappa shape index (κ2) is 7.08. The summed E-state index contributed by atoms with van der Waals surface area (Å²) in [5.74, 6) is 1.70. The van der Waals surface area contributed by atoms with E-state index in [4.69, 9.17) is 6.42 Å². The lowest BCUT2D eigenvalue weighted by atomic mass is 10.1. The van der Waals surface area contributed by atoms with Gasteiger partial charge in [0.2, 0.25) is 0 Å². The number of allylic oxidation sites excluding steroid dienone is 1. The van der Waals surface area contributed by atoms with Crippen molar-refractivity contribution in [2.24, 2.45) is 0 Å². The quantitative estimate of drug-likeness (QED) is 0.344. The van der Waals surface area contributed by atoms with Gasteiger partial charge in [-0.1, -0.05) is 30.2 Å². The Hall–Kier alpha value is -2.34. The Morgan fingerprint density at radius 2 is 2.11 bits per heavy atom. The van der Waals surface area contributed by atoms with E-state index in [9.17, 15) is 9.59 Å². The summed E-state index contributed by atoms with van der Waals surface area (Å²) in [5, 5.41) is 0. The predicted molar refractivity (Wildman–Crippen MR) is 69.7 cm³/mol. The molecule has 0 saturated carbocycles. The lowest BCUT2D eigenvalue weighted by Gasteiger charge is -1.99. The van der Waals surface area contributed by atoms with Crippen molar-refractivity contribution in [2.45, 2.75) is 13.3 Å². The highest BCUT2D eigenvalue weighted by Crippen LogP contribution is 2.09. The molecule has 0 fully saturated rings. The van der Waals surface area contributed by atoms with Crippen LogP contribution in [0.2, 0.25) is 0 Å². The molecule has 0 radical (unpaired) electrons. The average Bonchev–Trinajstić information content (AvgIpc) is 2.37. The molecule has 0 N–H and O–H groups in total. The van der Waals surface area contributed by atoms with Gasteiger partial charge in [-0.15, -0.1) is 6.42 Å². The van der Waals surface area contributed by atoms with Crippen LogP contribution in [0.5, 0.6) is 0 Å². The Morgan fingerprint density at radius 3 is 2.78 bits per heavy atom. The molecule has 18 heavy (non-hydrogen) atoms. The SMILES string of the molecule is C#Cc1ccccc1C=CC(=O)CC(=O)OCC. The molecule has 0 aromatic heterocycles. The first kappa shape index (κ1) is 13.7. The van der Waals surface area contributed by atoms with Gasteiger partial charge in [0.25, 0.3) is 0 Å². The second-order valence-electron chi connectivity index (χ2n) is 3.51. The van der Waals surface area contributed by atoms with Crippen molar-refractivity contribution < 1.29 is 14.3 Å². The molecule has 0 unspecified atom stereocenters. The molecule has 0 amide bonds. The van der Waals surface area contributed by atoms with Gasteiger partial charge in [0, 0.05) is 5.56 Å².